The van der Waals surface area contributed by atoms with Crippen LogP contribution in [0.3, 0.4) is 0 Å². The number of benzene rings is 1. The lowest BCUT2D eigenvalue weighted by molar-refractivity contribution is 0.0538. The Labute approximate surface area is 121 Å². The van der Waals surface area contributed by atoms with Crippen molar-refractivity contribution >= 4 is 0 Å². The Kier molecular flexibility index (Phi) is 4.27. The van der Waals surface area contributed by atoms with Gasteiger partial charge in [0.05, 0.1) is 0 Å². The Hall–Kier alpha value is -1.06. The third kappa shape index (κ3) is 2.84. The highest BCUT2D eigenvalue weighted by Crippen LogP contribution is 2.35. The predicted molar refractivity (Wildman–Crippen MR) is 80.2 cm³/mol. The molecule has 110 valence electrons. The quantitative estimate of drug-likeness (QED) is 0.916. The van der Waals surface area contributed by atoms with Crippen LogP contribution in [0, 0.1) is 5.92 Å². The first-order valence-corrected chi connectivity index (χ1v) is 7.88. The number of hydrogen-bond acceptors (Lipinski definition) is 3. The Morgan fingerprint density at radius 3 is 2.85 bits per heavy atom. The summed E-state index contributed by atoms with van der Waals surface area (Å²) < 4.78 is 11.3. The topological polar surface area (TPSA) is 30.5 Å². The Balaban J connectivity index is 1.82. The van der Waals surface area contributed by atoms with E-state index in [2.05, 4.69) is 37.4 Å². The van der Waals surface area contributed by atoms with Crippen molar-refractivity contribution in [1.29, 1.82) is 0 Å². The highest BCUT2D eigenvalue weighted by Gasteiger charge is 2.27. The second-order valence-corrected chi connectivity index (χ2v) is 5.98. The van der Waals surface area contributed by atoms with Crippen LogP contribution in [0.5, 0.6) is 5.75 Å². The molecule has 1 saturated heterocycles. The second kappa shape index (κ2) is 6.15. The third-order valence-electron chi connectivity index (χ3n) is 4.44. The molecular formula is C17H25NO2. The van der Waals surface area contributed by atoms with Crippen LogP contribution in [0.15, 0.2) is 18.2 Å². The van der Waals surface area contributed by atoms with Crippen molar-refractivity contribution < 1.29 is 9.47 Å². The van der Waals surface area contributed by atoms with Gasteiger partial charge in [0.25, 0.3) is 0 Å². The summed E-state index contributed by atoms with van der Waals surface area (Å²) in [5.74, 6) is 1.75. The summed E-state index contributed by atoms with van der Waals surface area (Å²) in [5, 5.41) is 3.67. The zero-order chi connectivity index (χ0) is 13.9. The maximum Gasteiger partial charge on any atom is 0.123 e. The van der Waals surface area contributed by atoms with Crippen molar-refractivity contribution in [3.63, 3.8) is 0 Å². The van der Waals surface area contributed by atoms with Crippen LogP contribution in [-0.2, 0) is 11.2 Å². The first-order chi connectivity index (χ1) is 9.78. The number of rotatable bonds is 4. The van der Waals surface area contributed by atoms with E-state index in [4.69, 9.17) is 9.47 Å². The smallest absolute Gasteiger partial charge is 0.123 e. The van der Waals surface area contributed by atoms with Gasteiger partial charge in [-0.05, 0) is 49.4 Å². The Bertz CT molecular complexity index is 454. The van der Waals surface area contributed by atoms with E-state index in [1.165, 1.54) is 11.1 Å². The fourth-order valence-electron chi connectivity index (χ4n) is 3.46. The van der Waals surface area contributed by atoms with Gasteiger partial charge in [-0.3, -0.25) is 0 Å². The maximum absolute atomic E-state index is 5.81. The van der Waals surface area contributed by atoms with Crippen LogP contribution >= 0.6 is 0 Å². The van der Waals surface area contributed by atoms with Gasteiger partial charge in [-0.15, -0.1) is 0 Å². The van der Waals surface area contributed by atoms with Gasteiger partial charge in [-0.25, -0.2) is 0 Å². The molecule has 3 nitrogen and oxygen atoms in total. The third-order valence-corrected chi connectivity index (χ3v) is 4.44. The van der Waals surface area contributed by atoms with Crippen LogP contribution in [0.1, 0.15) is 43.9 Å². The van der Waals surface area contributed by atoms with Gasteiger partial charge in [0, 0.05) is 25.7 Å². The fraction of sp³-hybridized carbons (Fsp3) is 0.647. The zero-order valence-corrected chi connectivity index (χ0v) is 12.5. The lowest BCUT2D eigenvalue weighted by atomic mass is 9.86. The van der Waals surface area contributed by atoms with Gasteiger partial charge in [-0.2, -0.15) is 0 Å². The molecule has 1 aromatic rings. The van der Waals surface area contributed by atoms with Crippen molar-refractivity contribution in [2.45, 2.75) is 45.3 Å². The molecule has 3 rings (SSSR count). The standard InChI is InChI=1S/C17H25NO2/c1-3-18-17(13-6-8-19-9-7-13)14-4-5-16-15(11-14)10-12(2)20-16/h4-5,11-13,17-18H,3,6-10H2,1-2H3. The van der Waals surface area contributed by atoms with Gasteiger partial charge >= 0.3 is 0 Å². The number of fused-ring (bicyclic) bond motifs is 1. The number of hydrogen-bond donors (Lipinski definition) is 1. The Morgan fingerprint density at radius 2 is 2.10 bits per heavy atom. The summed E-state index contributed by atoms with van der Waals surface area (Å²) in [6.07, 6.45) is 3.67. The SMILES string of the molecule is CCNC(c1ccc2c(c1)CC(C)O2)C1CCOCC1. The predicted octanol–water partition coefficient (Wildman–Crippen LogP) is 3.09. The summed E-state index contributed by atoms with van der Waals surface area (Å²) in [7, 11) is 0. The molecule has 0 aliphatic carbocycles. The monoisotopic (exact) mass is 275 g/mol. The van der Waals surface area contributed by atoms with E-state index in [0.29, 0.717) is 18.1 Å². The maximum atomic E-state index is 5.81. The summed E-state index contributed by atoms with van der Waals surface area (Å²) in [6.45, 7) is 7.13. The molecule has 3 heteroatoms. The molecule has 20 heavy (non-hydrogen) atoms. The summed E-state index contributed by atoms with van der Waals surface area (Å²) in [5.41, 5.74) is 2.78. The van der Waals surface area contributed by atoms with E-state index in [0.717, 1.165) is 44.8 Å². The molecule has 0 spiro atoms. The first-order valence-electron chi connectivity index (χ1n) is 7.88. The molecule has 0 amide bonds. The average Bonchev–Trinajstić information content (AvgIpc) is 2.84. The molecule has 2 aliphatic heterocycles. The molecule has 0 bridgehead atoms. The van der Waals surface area contributed by atoms with E-state index >= 15 is 0 Å². The van der Waals surface area contributed by atoms with E-state index in [9.17, 15) is 0 Å². The van der Waals surface area contributed by atoms with Crippen LogP contribution < -0.4 is 10.1 Å². The van der Waals surface area contributed by atoms with Gasteiger partial charge in [0.2, 0.25) is 0 Å². The van der Waals surface area contributed by atoms with Crippen molar-refractivity contribution in [3.8, 4) is 5.75 Å². The van der Waals surface area contributed by atoms with Gasteiger partial charge in [-0.1, -0.05) is 19.1 Å². The minimum atomic E-state index is 0.320. The number of nitrogens with one attached hydrogen (secondary N) is 1. The van der Waals surface area contributed by atoms with Crippen molar-refractivity contribution in [3.05, 3.63) is 29.3 Å². The lowest BCUT2D eigenvalue weighted by Gasteiger charge is -2.31. The average molecular weight is 275 g/mol. The van der Waals surface area contributed by atoms with E-state index in [1.54, 1.807) is 0 Å². The van der Waals surface area contributed by atoms with Crippen molar-refractivity contribution in [2.24, 2.45) is 5.92 Å². The molecule has 0 radical (unpaired) electrons. The molecule has 2 unspecified atom stereocenters. The van der Waals surface area contributed by atoms with Crippen molar-refractivity contribution in [1.82, 2.24) is 5.32 Å². The van der Waals surface area contributed by atoms with Crippen molar-refractivity contribution in [2.75, 3.05) is 19.8 Å². The van der Waals surface area contributed by atoms with Crippen LogP contribution in [-0.4, -0.2) is 25.9 Å². The molecule has 2 aliphatic rings. The van der Waals surface area contributed by atoms with Gasteiger partial charge < -0.3 is 14.8 Å². The largest absolute Gasteiger partial charge is 0.490 e. The molecule has 1 aromatic carbocycles. The molecule has 0 saturated carbocycles. The minimum absolute atomic E-state index is 0.320. The lowest BCUT2D eigenvalue weighted by Crippen LogP contribution is -2.32. The summed E-state index contributed by atoms with van der Waals surface area (Å²) in [6, 6.07) is 7.18. The summed E-state index contributed by atoms with van der Waals surface area (Å²) >= 11 is 0. The zero-order valence-electron chi connectivity index (χ0n) is 12.5. The van der Waals surface area contributed by atoms with Crippen LogP contribution in [0.4, 0.5) is 0 Å². The van der Waals surface area contributed by atoms with Crippen LogP contribution in [0.25, 0.3) is 0 Å². The second-order valence-electron chi connectivity index (χ2n) is 5.98. The van der Waals surface area contributed by atoms with E-state index in [1.807, 2.05) is 0 Å². The summed E-state index contributed by atoms with van der Waals surface area (Å²) in [4.78, 5) is 0. The van der Waals surface area contributed by atoms with E-state index < -0.39 is 0 Å². The Morgan fingerprint density at radius 1 is 1.30 bits per heavy atom. The molecule has 2 atom stereocenters. The highest BCUT2D eigenvalue weighted by molar-refractivity contribution is 5.41. The molecule has 0 aromatic heterocycles. The number of ether oxygens (including phenoxy) is 2. The molecule has 1 N–H and O–H groups in total. The molecule has 2 heterocycles. The van der Waals surface area contributed by atoms with E-state index in [-0.39, 0.29) is 0 Å². The molecule has 1 fully saturated rings. The molecular weight excluding hydrogens is 250 g/mol. The minimum Gasteiger partial charge on any atom is -0.490 e. The van der Waals surface area contributed by atoms with Gasteiger partial charge in [0.15, 0.2) is 0 Å². The normalized spacial score (nSPS) is 24.2. The fourth-order valence-corrected chi connectivity index (χ4v) is 3.46. The van der Waals surface area contributed by atoms with Gasteiger partial charge in [0.1, 0.15) is 11.9 Å². The first kappa shape index (κ1) is 13.9. The van der Waals surface area contributed by atoms with Crippen LogP contribution in [0.2, 0.25) is 0 Å². The highest BCUT2D eigenvalue weighted by atomic mass is 16.5.